The van der Waals surface area contributed by atoms with Gasteiger partial charge in [-0.1, -0.05) is 12.1 Å². The van der Waals surface area contributed by atoms with Crippen LogP contribution in [-0.4, -0.2) is 39.7 Å². The van der Waals surface area contributed by atoms with Gasteiger partial charge in [-0.2, -0.15) is 0 Å². The van der Waals surface area contributed by atoms with Gasteiger partial charge in [-0.3, -0.25) is 9.35 Å². The molecule has 1 aromatic rings. The van der Waals surface area contributed by atoms with Crippen molar-refractivity contribution in [2.75, 3.05) is 0 Å². The summed E-state index contributed by atoms with van der Waals surface area (Å²) in [5.74, 6) is -0.860. The van der Waals surface area contributed by atoms with E-state index < -0.39 is 22.4 Å². The van der Waals surface area contributed by atoms with Crippen molar-refractivity contribution in [3.63, 3.8) is 0 Å². The van der Waals surface area contributed by atoms with E-state index in [0.717, 1.165) is 5.56 Å². The Labute approximate surface area is 125 Å². The van der Waals surface area contributed by atoms with Crippen molar-refractivity contribution in [3.05, 3.63) is 29.8 Å². The zero-order valence-electron chi connectivity index (χ0n) is 9.36. The second kappa shape index (κ2) is 9.04. The Hall–Kier alpha value is -0.940. The summed E-state index contributed by atoms with van der Waals surface area (Å²) < 4.78 is 32.8. The van der Waals surface area contributed by atoms with Crippen LogP contribution in [0.1, 0.15) is 5.56 Å². The Balaban J connectivity index is 0. The molecule has 0 saturated heterocycles. The van der Waals surface area contributed by atoms with Gasteiger partial charge in [-0.05, 0) is 24.1 Å². The average molecular weight is 386 g/mol. The van der Waals surface area contributed by atoms with Crippen molar-refractivity contribution in [2.45, 2.75) is 12.5 Å². The van der Waals surface area contributed by atoms with Gasteiger partial charge in [0.2, 0.25) is 10.4 Å². The molecule has 0 radical (unpaired) electrons. The van der Waals surface area contributed by atoms with Gasteiger partial charge in [0.15, 0.2) is 0 Å². The van der Waals surface area contributed by atoms with Gasteiger partial charge in [0.05, 0.1) is 0 Å². The number of carboxylic acids is 1. The number of hydrogen-bond acceptors (Lipinski definition) is 6. The van der Waals surface area contributed by atoms with Crippen molar-refractivity contribution in [2.24, 2.45) is 5.73 Å². The normalized spacial score (nSPS) is 11.5. The van der Waals surface area contributed by atoms with E-state index in [4.69, 9.17) is 33.5 Å². The number of nitrogens with two attached hydrogens (primary N) is 1. The topological polar surface area (TPSA) is 161 Å². The molecule has 1 rings (SSSR count). The summed E-state index contributed by atoms with van der Waals surface area (Å²) in [5, 5.41) is 17.5. The van der Waals surface area contributed by atoms with Crippen LogP contribution in [0, 0.1) is 0 Å². The summed E-state index contributed by atoms with van der Waals surface area (Å²) >= 11 is 0. The maximum absolute atomic E-state index is 10.4. The molecule has 10 heteroatoms. The van der Waals surface area contributed by atoms with Crippen LogP contribution in [0.4, 0.5) is 0 Å². The Morgan fingerprint density at radius 3 is 2.00 bits per heavy atom. The van der Waals surface area contributed by atoms with Crippen LogP contribution in [0.5, 0.6) is 5.75 Å². The molecular formula is C9H12AgNO7S. The van der Waals surface area contributed by atoms with E-state index in [1.807, 2.05) is 0 Å². The number of carbonyl (C=O) groups is 1. The largest absolute Gasteiger partial charge is 1.00 e. The number of hydrogen-bond donors (Lipinski definition) is 4. The molecule has 0 saturated carbocycles. The SMILES string of the molecule is NC(Cc1ccc(O)cc1)C(=O)O.O=S(=O)([O-])O.[Ag+]. The maximum Gasteiger partial charge on any atom is 1.00 e. The molecule has 0 aromatic heterocycles. The van der Waals surface area contributed by atoms with E-state index in [1.165, 1.54) is 12.1 Å². The van der Waals surface area contributed by atoms with E-state index in [9.17, 15) is 4.79 Å². The van der Waals surface area contributed by atoms with Crippen LogP contribution in [0.15, 0.2) is 24.3 Å². The number of phenolic OH excluding ortho intramolecular Hbond substituents is 1. The second-order valence-corrected chi connectivity index (χ2v) is 4.10. The monoisotopic (exact) mass is 385 g/mol. The van der Waals surface area contributed by atoms with Gasteiger partial charge in [0.25, 0.3) is 0 Å². The third-order valence-corrected chi connectivity index (χ3v) is 1.71. The molecule has 0 spiro atoms. The zero-order valence-corrected chi connectivity index (χ0v) is 11.7. The minimum absolute atomic E-state index is 0. The third-order valence-electron chi connectivity index (χ3n) is 1.71. The molecule has 112 valence electrons. The first-order valence-corrected chi connectivity index (χ1v) is 5.90. The van der Waals surface area contributed by atoms with Crippen LogP contribution in [0.3, 0.4) is 0 Å². The van der Waals surface area contributed by atoms with E-state index in [2.05, 4.69) is 0 Å². The molecule has 5 N–H and O–H groups in total. The predicted octanol–water partition coefficient (Wildman–Crippen LogP) is -0.651. The Morgan fingerprint density at radius 1 is 1.32 bits per heavy atom. The smallest absolute Gasteiger partial charge is 0.726 e. The third kappa shape index (κ3) is 13.3. The number of carboxylic acid groups (broad SMARTS) is 1. The fraction of sp³-hybridized carbons (Fsp3) is 0.222. The van der Waals surface area contributed by atoms with Gasteiger partial charge in [0.1, 0.15) is 11.8 Å². The first kappa shape index (κ1) is 20.4. The fourth-order valence-corrected chi connectivity index (χ4v) is 0.973. The van der Waals surface area contributed by atoms with Crippen LogP contribution in [0.2, 0.25) is 0 Å². The van der Waals surface area contributed by atoms with Crippen LogP contribution in [-0.2, 0) is 44.0 Å². The van der Waals surface area contributed by atoms with Crippen molar-refractivity contribution in [1.29, 1.82) is 0 Å². The molecule has 0 aliphatic heterocycles. The molecule has 0 heterocycles. The van der Waals surface area contributed by atoms with Gasteiger partial charge in [-0.15, -0.1) is 0 Å². The minimum atomic E-state index is -4.92. The van der Waals surface area contributed by atoms with Crippen molar-refractivity contribution >= 4 is 16.4 Å². The summed E-state index contributed by atoms with van der Waals surface area (Å²) in [5.41, 5.74) is 6.12. The number of rotatable bonds is 3. The van der Waals surface area contributed by atoms with Gasteiger partial charge >= 0.3 is 28.3 Å². The molecular weight excluding hydrogens is 374 g/mol. The van der Waals surface area contributed by atoms with Gasteiger partial charge < -0.3 is 20.5 Å². The van der Waals surface area contributed by atoms with Crippen LogP contribution in [0.25, 0.3) is 0 Å². The number of benzene rings is 1. The van der Waals surface area contributed by atoms with Gasteiger partial charge in [0, 0.05) is 0 Å². The Bertz CT molecular complexity index is 480. The van der Waals surface area contributed by atoms with Crippen LogP contribution >= 0.6 is 0 Å². The maximum atomic E-state index is 10.4. The molecule has 19 heavy (non-hydrogen) atoms. The molecule has 0 aliphatic rings. The van der Waals surface area contributed by atoms with Crippen molar-refractivity contribution < 1.29 is 54.9 Å². The summed E-state index contributed by atoms with van der Waals surface area (Å²) in [6, 6.07) is 5.42. The van der Waals surface area contributed by atoms with Crippen molar-refractivity contribution in [1.82, 2.24) is 0 Å². The molecule has 1 unspecified atom stereocenters. The molecule has 1 atom stereocenters. The zero-order chi connectivity index (χ0) is 14.3. The Kier molecular flexibility index (Phi) is 9.70. The molecule has 8 nitrogen and oxygen atoms in total. The minimum Gasteiger partial charge on any atom is -0.726 e. The number of aromatic hydroxyl groups is 1. The summed E-state index contributed by atoms with van der Waals surface area (Å²) in [6.45, 7) is 0. The van der Waals surface area contributed by atoms with E-state index in [1.54, 1.807) is 12.1 Å². The van der Waals surface area contributed by atoms with E-state index >= 15 is 0 Å². The molecule has 0 fully saturated rings. The Morgan fingerprint density at radius 2 is 1.68 bits per heavy atom. The predicted molar refractivity (Wildman–Crippen MR) is 59.7 cm³/mol. The van der Waals surface area contributed by atoms with Gasteiger partial charge in [-0.25, -0.2) is 8.42 Å². The number of phenols is 1. The first-order valence-electron chi connectivity index (χ1n) is 4.54. The van der Waals surface area contributed by atoms with Crippen LogP contribution < -0.4 is 5.73 Å². The average Bonchev–Trinajstić information content (AvgIpc) is 2.18. The summed E-state index contributed by atoms with van der Waals surface area (Å²) in [4.78, 5) is 10.4. The van der Waals surface area contributed by atoms with Crippen molar-refractivity contribution in [3.8, 4) is 5.75 Å². The molecule has 0 aliphatic carbocycles. The molecule has 0 bridgehead atoms. The second-order valence-electron chi connectivity index (χ2n) is 3.24. The van der Waals surface area contributed by atoms with E-state index in [-0.39, 0.29) is 34.6 Å². The van der Waals surface area contributed by atoms with E-state index in [0.29, 0.717) is 0 Å². The summed E-state index contributed by atoms with van der Waals surface area (Å²) in [6.07, 6.45) is 0.273. The molecule has 1 aromatic carbocycles. The fourth-order valence-electron chi connectivity index (χ4n) is 0.973. The standard InChI is InChI=1S/C9H11NO3.Ag.H2O4S/c10-8(9(12)13)5-6-1-3-7(11)4-2-6;;1-5(2,3)4/h1-4,8,11H,5,10H2,(H,12,13);;(H2,1,2,3,4)/q;+1;/p-1. The number of aliphatic carboxylic acids is 1. The summed E-state index contributed by atoms with van der Waals surface area (Å²) in [7, 11) is -4.92. The first-order chi connectivity index (χ1) is 8.09. The quantitative estimate of drug-likeness (QED) is 0.303. The molecule has 0 amide bonds.